The summed E-state index contributed by atoms with van der Waals surface area (Å²) < 4.78 is 28.0. The average Bonchev–Trinajstić information content (AvgIpc) is 2.80. The predicted octanol–water partition coefficient (Wildman–Crippen LogP) is 3.45. The molecule has 0 saturated heterocycles. The van der Waals surface area contributed by atoms with Crippen LogP contribution in [0.2, 0.25) is 0 Å². The summed E-state index contributed by atoms with van der Waals surface area (Å²) in [6.45, 7) is 2.03. The molecular formula is C14H19Br2NO3S. The van der Waals surface area contributed by atoms with Crippen molar-refractivity contribution in [2.75, 3.05) is 13.6 Å². The minimum Gasteiger partial charge on any atom is -0.389 e. The van der Waals surface area contributed by atoms with Crippen LogP contribution in [-0.2, 0) is 10.0 Å². The first-order valence-corrected chi connectivity index (χ1v) is 9.83. The molecule has 0 unspecified atom stereocenters. The van der Waals surface area contributed by atoms with E-state index in [9.17, 15) is 13.5 Å². The fraction of sp³-hybridized carbons (Fsp3) is 0.571. The lowest BCUT2D eigenvalue weighted by atomic mass is 10.0. The zero-order chi connectivity index (χ0) is 15.8. The Balaban J connectivity index is 2.31. The van der Waals surface area contributed by atoms with Gasteiger partial charge in [-0.3, -0.25) is 0 Å². The summed E-state index contributed by atoms with van der Waals surface area (Å²) in [7, 11) is -2.12. The van der Waals surface area contributed by atoms with Gasteiger partial charge in [0.15, 0.2) is 0 Å². The van der Waals surface area contributed by atoms with Gasteiger partial charge in [0.1, 0.15) is 0 Å². The number of halogens is 2. The molecule has 21 heavy (non-hydrogen) atoms. The van der Waals surface area contributed by atoms with Gasteiger partial charge in [-0.05, 0) is 53.4 Å². The van der Waals surface area contributed by atoms with E-state index in [1.54, 1.807) is 12.1 Å². The highest BCUT2D eigenvalue weighted by molar-refractivity contribution is 9.11. The van der Waals surface area contributed by atoms with Gasteiger partial charge in [0.05, 0.1) is 10.5 Å². The highest BCUT2D eigenvalue weighted by Crippen LogP contribution is 2.34. The number of hydrogen-bond acceptors (Lipinski definition) is 3. The van der Waals surface area contributed by atoms with Gasteiger partial charge in [-0.2, -0.15) is 4.31 Å². The fourth-order valence-electron chi connectivity index (χ4n) is 2.68. The average molecular weight is 441 g/mol. The normalized spacial score (nSPS) is 18.4. The molecule has 1 aliphatic rings. The maximum absolute atomic E-state index is 12.7. The molecule has 0 aliphatic heterocycles. The number of aliphatic hydroxyl groups is 1. The van der Waals surface area contributed by atoms with E-state index >= 15 is 0 Å². The molecule has 1 aromatic carbocycles. The van der Waals surface area contributed by atoms with Gasteiger partial charge in [-0.15, -0.1) is 0 Å². The van der Waals surface area contributed by atoms with E-state index in [0.29, 0.717) is 17.3 Å². The second kappa shape index (κ2) is 6.28. The number of hydrogen-bond donors (Lipinski definition) is 1. The second-order valence-electron chi connectivity index (χ2n) is 5.72. The molecule has 0 bridgehead atoms. The smallest absolute Gasteiger partial charge is 0.244 e. The second-order valence-corrected chi connectivity index (χ2v) is 9.45. The van der Waals surface area contributed by atoms with E-state index < -0.39 is 15.6 Å². The molecule has 1 fully saturated rings. The van der Waals surface area contributed by atoms with Crippen molar-refractivity contribution in [3.05, 3.63) is 26.6 Å². The molecule has 0 heterocycles. The molecule has 4 nitrogen and oxygen atoms in total. The molecule has 2 rings (SSSR count). The molecule has 0 aromatic heterocycles. The monoisotopic (exact) mass is 439 g/mol. The highest BCUT2D eigenvalue weighted by Gasteiger charge is 2.36. The zero-order valence-corrected chi connectivity index (χ0v) is 16.1. The number of rotatable bonds is 4. The van der Waals surface area contributed by atoms with Crippen LogP contribution < -0.4 is 0 Å². The topological polar surface area (TPSA) is 57.6 Å². The van der Waals surface area contributed by atoms with E-state index in [1.807, 2.05) is 6.92 Å². The van der Waals surface area contributed by atoms with Gasteiger partial charge >= 0.3 is 0 Å². The van der Waals surface area contributed by atoms with Gasteiger partial charge in [0.2, 0.25) is 10.0 Å². The largest absolute Gasteiger partial charge is 0.389 e. The molecule has 0 radical (unpaired) electrons. The zero-order valence-electron chi connectivity index (χ0n) is 12.1. The summed E-state index contributed by atoms with van der Waals surface area (Å²) in [6.07, 6.45) is 3.21. The Bertz CT molecular complexity index is 640. The van der Waals surface area contributed by atoms with Crippen LogP contribution in [0.25, 0.3) is 0 Å². The fourth-order valence-corrected chi connectivity index (χ4v) is 5.57. The third kappa shape index (κ3) is 3.69. The Morgan fingerprint density at radius 2 is 1.81 bits per heavy atom. The molecular weight excluding hydrogens is 422 g/mol. The van der Waals surface area contributed by atoms with Crippen LogP contribution >= 0.6 is 31.9 Å². The van der Waals surface area contributed by atoms with Crippen LogP contribution in [0.5, 0.6) is 0 Å². The van der Waals surface area contributed by atoms with Gasteiger partial charge in [-0.1, -0.05) is 28.8 Å². The molecule has 1 saturated carbocycles. The van der Waals surface area contributed by atoms with Crippen molar-refractivity contribution in [2.24, 2.45) is 0 Å². The van der Waals surface area contributed by atoms with E-state index in [0.717, 1.165) is 22.9 Å². The third-order valence-corrected chi connectivity index (χ3v) is 7.57. The van der Waals surface area contributed by atoms with Gasteiger partial charge < -0.3 is 5.11 Å². The summed E-state index contributed by atoms with van der Waals surface area (Å²) >= 11 is 6.69. The van der Waals surface area contributed by atoms with Crippen LogP contribution in [-0.4, -0.2) is 37.0 Å². The minimum atomic E-state index is -3.64. The maximum atomic E-state index is 12.7. The van der Waals surface area contributed by atoms with Crippen LogP contribution in [0, 0.1) is 6.92 Å². The molecule has 1 aromatic rings. The van der Waals surface area contributed by atoms with Crippen molar-refractivity contribution >= 4 is 41.9 Å². The summed E-state index contributed by atoms with van der Waals surface area (Å²) in [6, 6.07) is 3.37. The molecule has 0 atom stereocenters. The number of likely N-dealkylation sites (N-methyl/N-ethyl adjacent to an activating group) is 1. The molecule has 1 aliphatic carbocycles. The van der Waals surface area contributed by atoms with Gasteiger partial charge in [-0.25, -0.2) is 8.42 Å². The Morgan fingerprint density at radius 1 is 1.24 bits per heavy atom. The Kier molecular flexibility index (Phi) is 5.20. The van der Waals surface area contributed by atoms with Gasteiger partial charge in [0, 0.05) is 22.5 Å². The lowest BCUT2D eigenvalue weighted by Gasteiger charge is -2.28. The minimum absolute atomic E-state index is 0.132. The Morgan fingerprint density at radius 3 is 2.38 bits per heavy atom. The van der Waals surface area contributed by atoms with Crippen molar-refractivity contribution in [1.82, 2.24) is 4.31 Å². The molecule has 118 valence electrons. The molecule has 1 N–H and O–H groups in total. The van der Waals surface area contributed by atoms with Crippen LogP contribution in [0.15, 0.2) is 26.0 Å². The van der Waals surface area contributed by atoms with Crippen molar-refractivity contribution in [3.63, 3.8) is 0 Å². The Hall–Kier alpha value is 0.0500. The molecule has 7 heteroatoms. The van der Waals surface area contributed by atoms with Crippen molar-refractivity contribution in [3.8, 4) is 0 Å². The highest BCUT2D eigenvalue weighted by atomic mass is 79.9. The van der Waals surface area contributed by atoms with Gasteiger partial charge in [0.25, 0.3) is 0 Å². The predicted molar refractivity (Wildman–Crippen MR) is 89.8 cm³/mol. The maximum Gasteiger partial charge on any atom is 0.244 e. The lowest BCUT2D eigenvalue weighted by molar-refractivity contribution is 0.0333. The number of nitrogens with zero attached hydrogens (tertiary/aromatic N) is 1. The van der Waals surface area contributed by atoms with Crippen molar-refractivity contribution < 1.29 is 13.5 Å². The standard InChI is InChI=1S/C14H19Br2NO3S/c1-10-7-12(16)13(8-11(10)15)21(19,20)17(2)9-14(18)5-3-4-6-14/h7-8,18H,3-6,9H2,1-2H3. The molecule has 0 spiro atoms. The summed E-state index contributed by atoms with van der Waals surface area (Å²) in [4.78, 5) is 0.212. The van der Waals surface area contributed by atoms with E-state index in [4.69, 9.17) is 0 Å². The van der Waals surface area contributed by atoms with Crippen molar-refractivity contribution in [2.45, 2.75) is 43.1 Å². The summed E-state index contributed by atoms with van der Waals surface area (Å²) in [5, 5.41) is 10.4. The summed E-state index contributed by atoms with van der Waals surface area (Å²) in [5.41, 5.74) is 0.0638. The first kappa shape index (κ1) is 17.4. The van der Waals surface area contributed by atoms with Crippen LogP contribution in [0.3, 0.4) is 0 Å². The summed E-state index contributed by atoms with van der Waals surface area (Å²) in [5.74, 6) is 0. The first-order chi connectivity index (χ1) is 9.66. The van der Waals surface area contributed by atoms with E-state index in [-0.39, 0.29) is 11.4 Å². The van der Waals surface area contributed by atoms with Crippen LogP contribution in [0.4, 0.5) is 0 Å². The first-order valence-electron chi connectivity index (χ1n) is 6.80. The van der Waals surface area contributed by atoms with Crippen LogP contribution in [0.1, 0.15) is 31.2 Å². The third-order valence-electron chi connectivity index (χ3n) is 3.95. The number of sulfonamides is 1. The Labute approximate surface area is 142 Å². The van der Waals surface area contributed by atoms with E-state index in [1.165, 1.54) is 11.4 Å². The SMILES string of the molecule is Cc1cc(Br)c(S(=O)(=O)N(C)CC2(O)CCCC2)cc1Br. The quantitative estimate of drug-likeness (QED) is 0.779. The molecule has 0 amide bonds. The van der Waals surface area contributed by atoms with E-state index in [2.05, 4.69) is 31.9 Å². The number of aryl methyl sites for hydroxylation is 1. The lowest BCUT2D eigenvalue weighted by Crippen LogP contribution is -2.42. The number of benzene rings is 1. The van der Waals surface area contributed by atoms with Crippen molar-refractivity contribution in [1.29, 1.82) is 0 Å².